The molecule has 88 valence electrons. The summed E-state index contributed by atoms with van der Waals surface area (Å²) in [4.78, 5) is 0. The molecule has 0 aliphatic heterocycles. The van der Waals surface area contributed by atoms with Crippen molar-refractivity contribution in [3.63, 3.8) is 0 Å². The first-order valence-electron chi connectivity index (χ1n) is 6.21. The molecule has 1 aliphatic carbocycles. The SMILES string of the molecule is Cc1ccc(CC2(O)CCCC2(C)C)cc1. The lowest BCUT2D eigenvalue weighted by Crippen LogP contribution is -2.41. The zero-order valence-corrected chi connectivity index (χ0v) is 10.6. The van der Waals surface area contributed by atoms with Gasteiger partial charge >= 0.3 is 0 Å². The summed E-state index contributed by atoms with van der Waals surface area (Å²) >= 11 is 0. The molecule has 0 radical (unpaired) electrons. The third-order valence-corrected chi connectivity index (χ3v) is 4.27. The molecular formula is C15H22O. The third-order valence-electron chi connectivity index (χ3n) is 4.27. The van der Waals surface area contributed by atoms with Crippen LogP contribution in [0.5, 0.6) is 0 Å². The van der Waals surface area contributed by atoms with Gasteiger partial charge in [-0.25, -0.2) is 0 Å². The summed E-state index contributed by atoms with van der Waals surface area (Å²) in [6.07, 6.45) is 4.01. The number of hydrogen-bond donors (Lipinski definition) is 1. The van der Waals surface area contributed by atoms with E-state index >= 15 is 0 Å². The van der Waals surface area contributed by atoms with Crippen molar-refractivity contribution in [2.45, 2.75) is 52.1 Å². The fourth-order valence-electron chi connectivity index (χ4n) is 2.77. The first kappa shape index (κ1) is 11.7. The van der Waals surface area contributed by atoms with Gasteiger partial charge in [0, 0.05) is 6.42 Å². The largest absolute Gasteiger partial charge is 0.389 e. The topological polar surface area (TPSA) is 20.2 Å². The lowest BCUT2D eigenvalue weighted by atomic mass is 9.74. The zero-order chi connectivity index (χ0) is 11.8. The van der Waals surface area contributed by atoms with E-state index in [1.807, 2.05) is 0 Å². The molecule has 1 fully saturated rings. The summed E-state index contributed by atoms with van der Waals surface area (Å²) in [5.41, 5.74) is 2.07. The van der Waals surface area contributed by atoms with Crippen molar-refractivity contribution in [2.75, 3.05) is 0 Å². The van der Waals surface area contributed by atoms with E-state index in [2.05, 4.69) is 45.0 Å². The van der Waals surface area contributed by atoms with Gasteiger partial charge in [0.15, 0.2) is 0 Å². The normalized spacial score (nSPS) is 28.2. The minimum atomic E-state index is -0.512. The second-order valence-electron chi connectivity index (χ2n) is 5.93. The average molecular weight is 218 g/mol. The number of aliphatic hydroxyl groups is 1. The number of hydrogen-bond acceptors (Lipinski definition) is 1. The number of aryl methyl sites for hydroxylation is 1. The first-order chi connectivity index (χ1) is 7.43. The third kappa shape index (κ3) is 2.01. The van der Waals surface area contributed by atoms with Gasteiger partial charge in [-0.3, -0.25) is 0 Å². The Bertz CT molecular complexity index is 364. The molecule has 1 N–H and O–H groups in total. The molecule has 1 saturated carbocycles. The summed E-state index contributed by atoms with van der Waals surface area (Å²) in [5.74, 6) is 0. The second-order valence-corrected chi connectivity index (χ2v) is 5.93. The summed E-state index contributed by atoms with van der Waals surface area (Å²) < 4.78 is 0. The van der Waals surface area contributed by atoms with Crippen molar-refractivity contribution in [2.24, 2.45) is 5.41 Å². The monoisotopic (exact) mass is 218 g/mol. The molecule has 1 heteroatoms. The van der Waals surface area contributed by atoms with Crippen LogP contribution < -0.4 is 0 Å². The lowest BCUT2D eigenvalue weighted by Gasteiger charge is -2.37. The molecule has 0 amide bonds. The quantitative estimate of drug-likeness (QED) is 0.805. The van der Waals surface area contributed by atoms with Crippen LogP contribution in [0.3, 0.4) is 0 Å². The van der Waals surface area contributed by atoms with Gasteiger partial charge in [0.05, 0.1) is 5.60 Å². The Morgan fingerprint density at radius 2 is 1.75 bits per heavy atom. The van der Waals surface area contributed by atoms with Gasteiger partial charge in [0.2, 0.25) is 0 Å². The fourth-order valence-corrected chi connectivity index (χ4v) is 2.77. The molecule has 16 heavy (non-hydrogen) atoms. The predicted octanol–water partition coefficient (Wildman–Crippen LogP) is 3.48. The molecule has 1 aromatic rings. The van der Waals surface area contributed by atoms with Crippen molar-refractivity contribution in [1.82, 2.24) is 0 Å². The second kappa shape index (κ2) is 3.89. The lowest BCUT2D eigenvalue weighted by molar-refractivity contribution is -0.0419. The zero-order valence-electron chi connectivity index (χ0n) is 10.6. The van der Waals surface area contributed by atoms with Crippen molar-refractivity contribution in [3.05, 3.63) is 35.4 Å². The summed E-state index contributed by atoms with van der Waals surface area (Å²) in [6, 6.07) is 8.53. The van der Waals surface area contributed by atoms with Crippen LogP contribution in [0, 0.1) is 12.3 Å². The van der Waals surface area contributed by atoms with Gasteiger partial charge in [-0.15, -0.1) is 0 Å². The van der Waals surface area contributed by atoms with Gasteiger partial charge in [-0.1, -0.05) is 43.7 Å². The van der Waals surface area contributed by atoms with Crippen molar-refractivity contribution in [3.8, 4) is 0 Å². The highest BCUT2D eigenvalue weighted by Crippen LogP contribution is 2.47. The van der Waals surface area contributed by atoms with Crippen LogP contribution in [0.15, 0.2) is 24.3 Å². The highest BCUT2D eigenvalue weighted by molar-refractivity contribution is 5.24. The van der Waals surface area contributed by atoms with Crippen LogP contribution in [-0.4, -0.2) is 10.7 Å². The van der Waals surface area contributed by atoms with E-state index in [1.54, 1.807) is 0 Å². The van der Waals surface area contributed by atoms with Crippen molar-refractivity contribution < 1.29 is 5.11 Å². The number of benzene rings is 1. The van der Waals surface area contributed by atoms with Gasteiger partial charge in [-0.05, 0) is 37.2 Å². The van der Waals surface area contributed by atoms with Crippen molar-refractivity contribution in [1.29, 1.82) is 0 Å². The summed E-state index contributed by atoms with van der Waals surface area (Å²) in [7, 11) is 0. The molecule has 0 heterocycles. The van der Waals surface area contributed by atoms with Gasteiger partial charge in [0.25, 0.3) is 0 Å². The van der Waals surface area contributed by atoms with Gasteiger partial charge < -0.3 is 5.11 Å². The molecule has 2 rings (SSSR count). The van der Waals surface area contributed by atoms with Crippen LogP contribution >= 0.6 is 0 Å². The van der Waals surface area contributed by atoms with Crippen LogP contribution in [-0.2, 0) is 6.42 Å². The van der Waals surface area contributed by atoms with Crippen LogP contribution in [0.4, 0.5) is 0 Å². The molecule has 1 atom stereocenters. The Morgan fingerprint density at radius 1 is 1.12 bits per heavy atom. The van der Waals surface area contributed by atoms with E-state index < -0.39 is 5.60 Å². The Balaban J connectivity index is 2.18. The molecular weight excluding hydrogens is 196 g/mol. The Hall–Kier alpha value is -0.820. The summed E-state index contributed by atoms with van der Waals surface area (Å²) in [5, 5.41) is 10.7. The van der Waals surface area contributed by atoms with E-state index in [9.17, 15) is 5.11 Å². The van der Waals surface area contributed by atoms with E-state index in [0.717, 1.165) is 25.7 Å². The molecule has 1 nitrogen and oxygen atoms in total. The maximum atomic E-state index is 10.7. The Labute approximate surface area is 98.5 Å². The van der Waals surface area contributed by atoms with E-state index in [-0.39, 0.29) is 5.41 Å². The highest BCUT2D eigenvalue weighted by atomic mass is 16.3. The predicted molar refractivity (Wildman–Crippen MR) is 67.5 cm³/mol. The maximum Gasteiger partial charge on any atom is 0.0738 e. The maximum absolute atomic E-state index is 10.7. The van der Waals surface area contributed by atoms with E-state index in [4.69, 9.17) is 0 Å². The minimum absolute atomic E-state index is 0.0535. The first-order valence-corrected chi connectivity index (χ1v) is 6.21. The van der Waals surface area contributed by atoms with Crippen LogP contribution in [0.1, 0.15) is 44.2 Å². The smallest absolute Gasteiger partial charge is 0.0738 e. The van der Waals surface area contributed by atoms with E-state index in [0.29, 0.717) is 0 Å². The minimum Gasteiger partial charge on any atom is -0.389 e. The molecule has 0 saturated heterocycles. The highest BCUT2D eigenvalue weighted by Gasteiger charge is 2.46. The Morgan fingerprint density at radius 3 is 2.25 bits per heavy atom. The summed E-state index contributed by atoms with van der Waals surface area (Å²) in [6.45, 7) is 6.47. The molecule has 0 bridgehead atoms. The fraction of sp³-hybridized carbons (Fsp3) is 0.600. The average Bonchev–Trinajstić information content (AvgIpc) is 2.45. The molecule has 0 spiro atoms. The number of rotatable bonds is 2. The van der Waals surface area contributed by atoms with Crippen molar-refractivity contribution >= 4 is 0 Å². The van der Waals surface area contributed by atoms with E-state index in [1.165, 1.54) is 11.1 Å². The Kier molecular flexibility index (Phi) is 2.83. The van der Waals surface area contributed by atoms with Crippen LogP contribution in [0.2, 0.25) is 0 Å². The van der Waals surface area contributed by atoms with Crippen LogP contribution in [0.25, 0.3) is 0 Å². The molecule has 1 aromatic carbocycles. The molecule has 1 aliphatic rings. The molecule has 0 aromatic heterocycles. The standard InChI is InChI=1S/C15H22O/c1-12-5-7-13(8-6-12)11-15(16)10-4-9-14(15,2)3/h5-8,16H,4,9-11H2,1-3H3. The van der Waals surface area contributed by atoms with Gasteiger partial charge in [-0.2, -0.15) is 0 Å². The van der Waals surface area contributed by atoms with Gasteiger partial charge in [0.1, 0.15) is 0 Å². The molecule has 1 unspecified atom stereocenters.